The Kier molecular flexibility index (Phi) is 5.16. The number of benzene rings is 2. The predicted octanol–water partition coefficient (Wildman–Crippen LogP) is 2.98. The Morgan fingerprint density at radius 1 is 1.10 bits per heavy atom. The quantitative estimate of drug-likeness (QED) is 0.774. The van der Waals surface area contributed by atoms with Gasteiger partial charge in [0.25, 0.3) is 10.0 Å². The first-order chi connectivity index (χ1) is 14.6. The highest BCUT2D eigenvalue weighted by Gasteiger charge is 2.44. The number of carbonyl (C=O) groups is 2. The number of nitrogens with one attached hydrogen (secondary N) is 1. The molecule has 1 atom stereocenters. The van der Waals surface area contributed by atoms with Crippen molar-refractivity contribution in [2.45, 2.75) is 30.0 Å². The highest BCUT2D eigenvalue weighted by atomic mass is 32.2. The number of urea groups is 1. The highest BCUT2D eigenvalue weighted by Crippen LogP contribution is 2.34. The van der Waals surface area contributed by atoms with Crippen molar-refractivity contribution in [3.63, 3.8) is 0 Å². The van der Waals surface area contributed by atoms with E-state index in [1.165, 1.54) is 12.1 Å². The van der Waals surface area contributed by atoms with E-state index in [-0.39, 0.29) is 30.1 Å². The summed E-state index contributed by atoms with van der Waals surface area (Å²) in [6, 6.07) is 11.2. The average molecular weight is 453 g/mol. The minimum atomic E-state index is -5.03. The van der Waals surface area contributed by atoms with E-state index < -0.39 is 34.2 Å². The predicted molar refractivity (Wildman–Crippen MR) is 105 cm³/mol. The van der Waals surface area contributed by atoms with Gasteiger partial charge in [-0.3, -0.25) is 4.79 Å². The maximum Gasteiger partial charge on any atom is 0.471 e. The van der Waals surface area contributed by atoms with Gasteiger partial charge in [-0.15, -0.1) is 0 Å². The summed E-state index contributed by atoms with van der Waals surface area (Å²) in [4.78, 5) is 24.5. The fraction of sp³-hybridized carbons (Fsp3) is 0.300. The van der Waals surface area contributed by atoms with Crippen LogP contribution in [-0.2, 0) is 21.2 Å². The molecule has 1 fully saturated rings. The Bertz CT molecular complexity index is 1140. The SMILES string of the molecule is O=C1NC(c2ccccc2)CN1S(=O)(=O)c1ccc2c(c1)CCCN2C(=O)C(F)(F)F. The molecule has 7 nitrogen and oxygen atoms in total. The van der Waals surface area contributed by atoms with Crippen molar-refractivity contribution in [2.24, 2.45) is 0 Å². The number of aryl methyl sites for hydroxylation is 1. The molecule has 11 heteroatoms. The number of sulfonamides is 1. The Morgan fingerprint density at radius 2 is 1.81 bits per heavy atom. The van der Waals surface area contributed by atoms with Crippen LogP contribution in [0.5, 0.6) is 0 Å². The summed E-state index contributed by atoms with van der Waals surface area (Å²) < 4.78 is 65.5. The van der Waals surface area contributed by atoms with E-state index >= 15 is 0 Å². The van der Waals surface area contributed by atoms with Gasteiger partial charge in [-0.2, -0.15) is 13.2 Å². The van der Waals surface area contributed by atoms with Crippen LogP contribution in [0.3, 0.4) is 0 Å². The fourth-order valence-electron chi connectivity index (χ4n) is 3.82. The molecule has 0 bridgehead atoms. The molecule has 2 aliphatic rings. The van der Waals surface area contributed by atoms with Gasteiger partial charge in [-0.25, -0.2) is 17.5 Å². The lowest BCUT2D eigenvalue weighted by atomic mass is 10.0. The van der Waals surface area contributed by atoms with E-state index in [1.807, 2.05) is 0 Å². The molecule has 0 saturated carbocycles. The van der Waals surface area contributed by atoms with Crippen molar-refractivity contribution in [3.8, 4) is 0 Å². The van der Waals surface area contributed by atoms with Crippen molar-refractivity contribution < 1.29 is 31.2 Å². The average Bonchev–Trinajstić information content (AvgIpc) is 3.15. The number of anilines is 1. The van der Waals surface area contributed by atoms with Crippen LogP contribution in [0.15, 0.2) is 53.4 Å². The summed E-state index contributed by atoms with van der Waals surface area (Å²) >= 11 is 0. The topological polar surface area (TPSA) is 86.8 Å². The second-order valence-electron chi connectivity index (χ2n) is 7.30. The van der Waals surface area contributed by atoms with E-state index in [2.05, 4.69) is 5.32 Å². The van der Waals surface area contributed by atoms with E-state index in [0.717, 1.165) is 11.6 Å². The molecule has 0 spiro atoms. The number of hydrogen-bond acceptors (Lipinski definition) is 4. The lowest BCUT2D eigenvalue weighted by Crippen LogP contribution is -2.44. The van der Waals surface area contributed by atoms with E-state index in [4.69, 9.17) is 0 Å². The summed E-state index contributed by atoms with van der Waals surface area (Å²) in [5.74, 6) is -1.99. The molecule has 2 aromatic carbocycles. The third-order valence-corrected chi connectivity index (χ3v) is 7.06. The molecule has 1 unspecified atom stereocenters. The Hall–Kier alpha value is -3.08. The Morgan fingerprint density at radius 3 is 2.48 bits per heavy atom. The van der Waals surface area contributed by atoms with Crippen molar-refractivity contribution in [3.05, 3.63) is 59.7 Å². The molecule has 2 aliphatic heterocycles. The van der Waals surface area contributed by atoms with Gasteiger partial charge in [0.2, 0.25) is 0 Å². The summed E-state index contributed by atoms with van der Waals surface area (Å²) in [5, 5.41) is 2.63. The maximum atomic E-state index is 13.1. The number of hydrogen-bond donors (Lipinski definition) is 1. The number of halogens is 3. The Balaban J connectivity index is 1.63. The number of rotatable bonds is 3. The monoisotopic (exact) mass is 453 g/mol. The minimum absolute atomic E-state index is 0.0283. The molecule has 0 radical (unpaired) electrons. The molecule has 2 aromatic rings. The lowest BCUT2D eigenvalue weighted by molar-refractivity contribution is -0.170. The lowest BCUT2D eigenvalue weighted by Gasteiger charge is -2.30. The van der Waals surface area contributed by atoms with Crippen molar-refractivity contribution >= 4 is 27.6 Å². The first-order valence-corrected chi connectivity index (χ1v) is 10.9. The number of nitrogens with zero attached hydrogens (tertiary/aromatic N) is 2. The molecule has 1 N–H and O–H groups in total. The molecule has 0 aromatic heterocycles. The summed E-state index contributed by atoms with van der Waals surface area (Å²) in [6.45, 7) is -0.217. The standard InChI is InChI=1S/C20H18F3N3O4S/c21-20(22,23)18(27)25-10-4-7-14-11-15(8-9-17(14)25)31(29,30)26-12-16(24-19(26)28)13-5-2-1-3-6-13/h1-3,5-6,8-9,11,16H,4,7,10,12H2,(H,24,28). The first kappa shape index (κ1) is 21.2. The first-order valence-electron chi connectivity index (χ1n) is 9.49. The van der Waals surface area contributed by atoms with E-state index in [1.54, 1.807) is 30.3 Å². The normalized spacial score (nSPS) is 19.2. The van der Waals surface area contributed by atoms with Crippen molar-refractivity contribution in [1.82, 2.24) is 9.62 Å². The van der Waals surface area contributed by atoms with Crippen LogP contribution in [0.2, 0.25) is 0 Å². The molecule has 0 aliphatic carbocycles. The fourth-order valence-corrected chi connectivity index (χ4v) is 5.22. The van der Waals surface area contributed by atoms with Gasteiger partial charge >= 0.3 is 18.1 Å². The van der Waals surface area contributed by atoms with Gasteiger partial charge in [0.05, 0.1) is 17.5 Å². The zero-order chi connectivity index (χ0) is 22.4. The van der Waals surface area contributed by atoms with Gasteiger partial charge in [-0.05, 0) is 42.2 Å². The molecule has 164 valence electrons. The van der Waals surface area contributed by atoms with Crippen LogP contribution >= 0.6 is 0 Å². The Labute approximate surface area is 176 Å². The van der Waals surface area contributed by atoms with Crippen LogP contribution in [0.25, 0.3) is 0 Å². The highest BCUT2D eigenvalue weighted by molar-refractivity contribution is 7.89. The molecule has 3 amide bonds. The smallest absolute Gasteiger partial charge is 0.328 e. The number of fused-ring (bicyclic) bond motifs is 1. The summed E-state index contributed by atoms with van der Waals surface area (Å²) in [6.07, 6.45) is -4.45. The van der Waals surface area contributed by atoms with Crippen molar-refractivity contribution in [1.29, 1.82) is 0 Å². The summed E-state index contributed by atoms with van der Waals surface area (Å²) in [7, 11) is -4.23. The molecule has 2 heterocycles. The van der Waals surface area contributed by atoms with Gasteiger partial charge in [0.1, 0.15) is 0 Å². The zero-order valence-corrected chi connectivity index (χ0v) is 16.9. The molecular weight excluding hydrogens is 435 g/mol. The van der Waals surface area contributed by atoms with E-state index in [0.29, 0.717) is 21.2 Å². The van der Waals surface area contributed by atoms with Gasteiger partial charge in [-0.1, -0.05) is 30.3 Å². The van der Waals surface area contributed by atoms with Crippen LogP contribution in [-0.4, -0.2) is 43.9 Å². The molecule has 31 heavy (non-hydrogen) atoms. The number of carbonyl (C=O) groups excluding carboxylic acids is 2. The third kappa shape index (κ3) is 3.85. The van der Waals surface area contributed by atoms with Gasteiger partial charge < -0.3 is 10.2 Å². The molecule has 1 saturated heterocycles. The van der Waals surface area contributed by atoms with Crippen LogP contribution in [0.4, 0.5) is 23.7 Å². The van der Waals surface area contributed by atoms with E-state index in [9.17, 15) is 31.2 Å². The zero-order valence-electron chi connectivity index (χ0n) is 16.1. The van der Waals surface area contributed by atoms with Crippen LogP contribution < -0.4 is 10.2 Å². The molecule has 4 rings (SSSR count). The maximum absolute atomic E-state index is 13.1. The second-order valence-corrected chi connectivity index (χ2v) is 9.16. The van der Waals surface area contributed by atoms with Crippen molar-refractivity contribution in [2.75, 3.05) is 18.0 Å². The minimum Gasteiger partial charge on any atom is -0.328 e. The number of amides is 3. The molecular formula is C20H18F3N3O4S. The van der Waals surface area contributed by atoms with Gasteiger partial charge in [0, 0.05) is 12.2 Å². The summed E-state index contributed by atoms with van der Waals surface area (Å²) in [5.41, 5.74) is 1.09. The van der Waals surface area contributed by atoms with Crippen LogP contribution in [0, 0.1) is 0 Å². The number of alkyl halides is 3. The third-order valence-electron chi connectivity index (χ3n) is 5.32. The van der Waals surface area contributed by atoms with Gasteiger partial charge in [0.15, 0.2) is 0 Å². The van der Waals surface area contributed by atoms with Crippen LogP contribution in [0.1, 0.15) is 23.6 Å². The largest absolute Gasteiger partial charge is 0.471 e. The second kappa shape index (κ2) is 7.56.